The Balaban J connectivity index is 1.91. The average Bonchev–Trinajstić information content (AvgIpc) is 2.75. The van der Waals surface area contributed by atoms with E-state index >= 15 is 0 Å². The fraction of sp³-hybridized carbons (Fsp3) is 0.458. The first kappa shape index (κ1) is 21.6. The molecule has 0 saturated heterocycles. The molecule has 0 spiro atoms. The molecule has 1 atom stereocenters. The van der Waals surface area contributed by atoms with Crippen LogP contribution in [0.3, 0.4) is 0 Å². The maximum absolute atomic E-state index is 13.9. The molecule has 3 aromatic rings. The van der Waals surface area contributed by atoms with Gasteiger partial charge in [0.15, 0.2) is 0 Å². The molecule has 164 valence electrons. The molecule has 2 aromatic heterocycles. The highest BCUT2D eigenvalue weighted by atomic mass is 19.3. The summed E-state index contributed by atoms with van der Waals surface area (Å²) >= 11 is 0. The predicted molar refractivity (Wildman–Crippen MR) is 118 cm³/mol. The number of hydrogen-bond acceptors (Lipinski definition) is 5. The zero-order valence-corrected chi connectivity index (χ0v) is 18.4. The van der Waals surface area contributed by atoms with Gasteiger partial charge >= 0.3 is 0 Å². The van der Waals surface area contributed by atoms with Crippen molar-refractivity contribution < 1.29 is 13.9 Å². The monoisotopic (exact) mass is 426 g/mol. The van der Waals surface area contributed by atoms with E-state index in [2.05, 4.69) is 28.7 Å². The van der Waals surface area contributed by atoms with E-state index in [9.17, 15) is 13.9 Å². The molecule has 3 heterocycles. The summed E-state index contributed by atoms with van der Waals surface area (Å²) < 4.78 is 27.7. The van der Waals surface area contributed by atoms with Gasteiger partial charge in [-0.05, 0) is 55.9 Å². The van der Waals surface area contributed by atoms with E-state index in [0.29, 0.717) is 10.9 Å². The van der Waals surface area contributed by atoms with Crippen LogP contribution in [0.5, 0.6) is 0 Å². The average molecular weight is 427 g/mol. The van der Waals surface area contributed by atoms with Crippen molar-refractivity contribution in [1.82, 2.24) is 15.0 Å². The van der Waals surface area contributed by atoms with Crippen LogP contribution in [0.4, 0.5) is 20.3 Å². The van der Waals surface area contributed by atoms with Crippen LogP contribution in [-0.2, 0) is 19.3 Å². The normalized spacial score (nSPS) is 15.3. The highest BCUT2D eigenvalue weighted by Crippen LogP contribution is 2.40. The number of hydrogen-bond donors (Lipinski definition) is 1. The number of alkyl halides is 2. The molecule has 1 aromatic carbocycles. The molecule has 1 unspecified atom stereocenters. The Morgan fingerprint density at radius 2 is 1.81 bits per heavy atom. The summed E-state index contributed by atoms with van der Waals surface area (Å²) in [4.78, 5) is 16.4. The minimum Gasteiger partial charge on any atom is -0.382 e. The number of halogens is 2. The topological polar surface area (TPSA) is 62.1 Å². The molecule has 4 rings (SSSR count). The third kappa shape index (κ3) is 3.87. The van der Waals surface area contributed by atoms with E-state index in [1.54, 1.807) is 18.2 Å². The van der Waals surface area contributed by atoms with Gasteiger partial charge in [0.2, 0.25) is 0 Å². The van der Waals surface area contributed by atoms with Gasteiger partial charge in [-0.15, -0.1) is 0 Å². The minimum absolute atomic E-state index is 0.208. The number of aliphatic hydroxyl groups is 1. The standard InChI is InChI=1S/C24H28F2N4O/c1-5-18-21(19(6-2)28-14(3)27-18)30-12-8-9-15-13-17-16(22(31)24(4,25)26)10-7-11-20(17)29-23(15)30/h7,10-11,13,22,31H,5-6,8-9,12H2,1-4H3. The lowest BCUT2D eigenvalue weighted by molar-refractivity contribution is -0.0947. The Hall–Kier alpha value is -2.67. The number of aryl methyl sites for hydroxylation is 4. The van der Waals surface area contributed by atoms with Crippen molar-refractivity contribution in [3.05, 3.63) is 52.6 Å². The smallest absolute Gasteiger partial charge is 0.274 e. The highest BCUT2D eigenvalue weighted by Gasteiger charge is 2.35. The second kappa shape index (κ2) is 8.11. The first-order valence-corrected chi connectivity index (χ1v) is 10.9. The van der Waals surface area contributed by atoms with Gasteiger partial charge < -0.3 is 10.0 Å². The minimum atomic E-state index is -3.23. The first-order valence-electron chi connectivity index (χ1n) is 10.9. The van der Waals surface area contributed by atoms with Crippen LogP contribution < -0.4 is 4.90 Å². The maximum atomic E-state index is 13.9. The van der Waals surface area contributed by atoms with Gasteiger partial charge in [-0.25, -0.2) is 23.7 Å². The molecule has 0 bridgehead atoms. The number of nitrogens with zero attached hydrogens (tertiary/aromatic N) is 4. The fourth-order valence-corrected chi connectivity index (χ4v) is 4.42. The molecular formula is C24H28F2N4O. The van der Waals surface area contributed by atoms with Crippen LogP contribution in [0.15, 0.2) is 24.3 Å². The summed E-state index contributed by atoms with van der Waals surface area (Å²) in [6, 6.07) is 6.94. The van der Waals surface area contributed by atoms with Gasteiger partial charge in [0.25, 0.3) is 5.92 Å². The molecule has 0 saturated carbocycles. The lowest BCUT2D eigenvalue weighted by Crippen LogP contribution is -2.29. The summed E-state index contributed by atoms with van der Waals surface area (Å²) in [7, 11) is 0. The predicted octanol–water partition coefficient (Wildman–Crippen LogP) is 5.23. The van der Waals surface area contributed by atoms with Gasteiger partial charge in [0.1, 0.15) is 17.7 Å². The Morgan fingerprint density at radius 1 is 1.13 bits per heavy atom. The van der Waals surface area contributed by atoms with Crippen LogP contribution in [0.1, 0.15) is 61.6 Å². The molecule has 7 heteroatoms. The second-order valence-corrected chi connectivity index (χ2v) is 8.22. The van der Waals surface area contributed by atoms with E-state index in [4.69, 9.17) is 4.98 Å². The lowest BCUT2D eigenvalue weighted by Gasteiger charge is -2.33. The SMILES string of the molecule is CCc1nc(C)nc(CC)c1N1CCCc2cc3c(C(O)C(C)(F)F)cccc3nc21. The molecule has 0 radical (unpaired) electrons. The lowest BCUT2D eigenvalue weighted by atomic mass is 9.96. The molecular weight excluding hydrogens is 398 g/mol. The summed E-state index contributed by atoms with van der Waals surface area (Å²) in [5.41, 5.74) is 4.79. The number of aromatic nitrogens is 3. The molecule has 1 aliphatic heterocycles. The third-order valence-electron chi connectivity index (χ3n) is 5.89. The van der Waals surface area contributed by atoms with Crippen molar-refractivity contribution >= 4 is 22.4 Å². The Kier molecular flexibility index (Phi) is 5.64. The molecule has 0 amide bonds. The number of aliphatic hydroxyl groups excluding tert-OH is 1. The van der Waals surface area contributed by atoms with Crippen molar-refractivity contribution in [3.8, 4) is 0 Å². The molecule has 0 fully saturated rings. The van der Waals surface area contributed by atoms with Crippen molar-refractivity contribution in [3.63, 3.8) is 0 Å². The molecule has 5 nitrogen and oxygen atoms in total. The first-order chi connectivity index (χ1) is 14.7. The fourth-order valence-electron chi connectivity index (χ4n) is 4.42. The van der Waals surface area contributed by atoms with Gasteiger partial charge in [-0.1, -0.05) is 26.0 Å². The highest BCUT2D eigenvalue weighted by molar-refractivity contribution is 5.87. The Bertz CT molecular complexity index is 1100. The zero-order chi connectivity index (χ0) is 22.3. The summed E-state index contributed by atoms with van der Waals surface area (Å²) in [6.07, 6.45) is 1.41. The second-order valence-electron chi connectivity index (χ2n) is 8.22. The van der Waals surface area contributed by atoms with E-state index in [1.165, 1.54) is 0 Å². The van der Waals surface area contributed by atoms with Gasteiger partial charge in [0.05, 0.1) is 22.6 Å². The van der Waals surface area contributed by atoms with E-state index < -0.39 is 12.0 Å². The van der Waals surface area contributed by atoms with Crippen LogP contribution >= 0.6 is 0 Å². The van der Waals surface area contributed by atoms with Crippen molar-refractivity contribution in [2.24, 2.45) is 0 Å². The molecule has 1 aliphatic rings. The van der Waals surface area contributed by atoms with Crippen LogP contribution in [-0.4, -0.2) is 32.5 Å². The van der Waals surface area contributed by atoms with E-state index in [1.807, 2.05) is 13.0 Å². The quantitative estimate of drug-likeness (QED) is 0.605. The maximum Gasteiger partial charge on any atom is 0.274 e. The summed E-state index contributed by atoms with van der Waals surface area (Å²) in [5.74, 6) is -1.65. The van der Waals surface area contributed by atoms with Crippen LogP contribution in [0, 0.1) is 6.92 Å². The number of anilines is 2. The Labute approximate surface area is 181 Å². The zero-order valence-electron chi connectivity index (χ0n) is 18.4. The molecule has 31 heavy (non-hydrogen) atoms. The molecule has 0 aliphatic carbocycles. The number of rotatable bonds is 5. The van der Waals surface area contributed by atoms with E-state index in [0.717, 1.165) is 73.4 Å². The number of fused-ring (bicyclic) bond motifs is 2. The van der Waals surface area contributed by atoms with Gasteiger partial charge in [-0.2, -0.15) is 0 Å². The van der Waals surface area contributed by atoms with Crippen molar-refractivity contribution in [2.45, 2.75) is 65.4 Å². The van der Waals surface area contributed by atoms with Crippen LogP contribution in [0.25, 0.3) is 10.9 Å². The largest absolute Gasteiger partial charge is 0.382 e. The number of pyridine rings is 1. The van der Waals surface area contributed by atoms with E-state index in [-0.39, 0.29) is 5.56 Å². The van der Waals surface area contributed by atoms with Gasteiger partial charge in [0, 0.05) is 18.9 Å². The third-order valence-corrected chi connectivity index (χ3v) is 5.89. The van der Waals surface area contributed by atoms with Crippen molar-refractivity contribution in [1.29, 1.82) is 0 Å². The Morgan fingerprint density at radius 3 is 2.42 bits per heavy atom. The number of benzene rings is 1. The summed E-state index contributed by atoms with van der Waals surface area (Å²) in [5, 5.41) is 10.8. The van der Waals surface area contributed by atoms with Gasteiger partial charge in [-0.3, -0.25) is 0 Å². The summed E-state index contributed by atoms with van der Waals surface area (Å²) in [6.45, 7) is 7.62. The van der Waals surface area contributed by atoms with Crippen molar-refractivity contribution in [2.75, 3.05) is 11.4 Å². The van der Waals surface area contributed by atoms with Crippen LogP contribution in [0.2, 0.25) is 0 Å². The molecule has 1 N–H and O–H groups in total.